The first kappa shape index (κ1) is 35.7. The van der Waals surface area contributed by atoms with Crippen LogP contribution in [0, 0.1) is 5.92 Å². The zero-order valence-electron chi connectivity index (χ0n) is 27.5. The van der Waals surface area contributed by atoms with Crippen LogP contribution in [0.1, 0.15) is 77.2 Å². The van der Waals surface area contributed by atoms with Crippen LogP contribution in [0.5, 0.6) is 11.5 Å². The smallest absolute Gasteiger partial charge is 0.332 e. The molecule has 1 aliphatic heterocycles. The van der Waals surface area contributed by atoms with Gasteiger partial charge in [0.05, 0.1) is 24.3 Å². The Morgan fingerprint density at radius 2 is 1.79 bits per heavy atom. The van der Waals surface area contributed by atoms with Gasteiger partial charge in [0.1, 0.15) is 23.1 Å². The number of anilines is 1. The number of carbonyl (C=O) groups is 3. The van der Waals surface area contributed by atoms with Crippen LogP contribution in [0.15, 0.2) is 71.9 Å². The maximum Gasteiger partial charge on any atom is 0.332 e. The Morgan fingerprint density at radius 1 is 1.02 bits per heavy atom. The Hall–Kier alpha value is -4.15. The average Bonchev–Trinajstić information content (AvgIpc) is 3.84. The van der Waals surface area contributed by atoms with E-state index in [1.165, 1.54) is 19.2 Å². The van der Waals surface area contributed by atoms with Crippen molar-refractivity contribution in [3.8, 4) is 11.5 Å². The first-order valence-electron chi connectivity index (χ1n) is 16.5. The zero-order valence-corrected chi connectivity index (χ0v) is 27.5. The minimum absolute atomic E-state index is 0.00852. The third kappa shape index (κ3) is 9.92. The first-order valence-corrected chi connectivity index (χ1v) is 16.5. The number of hydrogen-bond acceptors (Lipinski definition) is 8. The maximum atomic E-state index is 13.5. The molecule has 0 spiro atoms. The van der Waals surface area contributed by atoms with Crippen LogP contribution in [0.2, 0.25) is 0 Å². The molecule has 1 heterocycles. The lowest BCUT2D eigenvalue weighted by Crippen LogP contribution is -2.47. The molecule has 0 aromatic heterocycles. The number of phenolic OH excluding ortho intramolecular Hbond substituents is 2. The fourth-order valence-corrected chi connectivity index (χ4v) is 5.85. The van der Waals surface area contributed by atoms with Crippen molar-refractivity contribution < 1.29 is 39.2 Å². The van der Waals surface area contributed by atoms with Crippen molar-refractivity contribution in [2.24, 2.45) is 5.92 Å². The van der Waals surface area contributed by atoms with Crippen LogP contribution >= 0.6 is 0 Å². The molecule has 4 atom stereocenters. The highest BCUT2D eigenvalue weighted by Gasteiger charge is 2.54. The lowest BCUT2D eigenvalue weighted by molar-refractivity contribution is -0.158. The summed E-state index contributed by atoms with van der Waals surface area (Å²) in [6.45, 7) is 3.62. The van der Waals surface area contributed by atoms with Crippen molar-refractivity contribution >= 4 is 23.5 Å². The summed E-state index contributed by atoms with van der Waals surface area (Å²) in [5.74, 6) is -1.83. The standard InChI is InChI=1S/C37H48N2O8/c1-24-13-12-16-27-21-28(40)22-30(34(27)43)38-32(41)23-29(46-3)17-10-5-4-6-11-18-31(25(2)33(24)42)47-36(45)37(19-20-37)39-35(44)26-14-8-7-9-15-26/h4-6,10-11,13-14,17,21-22,25,29,31,33,40,42-43H,7-9,12,15-16,18-20,23H2,1-3H3,(H,38,41)(H,39,44)/b5-4+,11-6+,17-10-,24-13+. The summed E-state index contributed by atoms with van der Waals surface area (Å²) >= 11 is 0. The number of allylic oxidation sites excluding steroid dienone is 6. The van der Waals surface area contributed by atoms with E-state index in [9.17, 15) is 29.7 Å². The molecule has 4 rings (SSSR count). The summed E-state index contributed by atoms with van der Waals surface area (Å²) in [5.41, 5.74) is 0.868. The Labute approximate surface area is 276 Å². The van der Waals surface area contributed by atoms with Gasteiger partial charge in [0.2, 0.25) is 11.8 Å². The number of amides is 2. The highest BCUT2D eigenvalue weighted by Crippen LogP contribution is 2.39. The predicted octanol–water partition coefficient (Wildman–Crippen LogP) is 5.45. The van der Waals surface area contributed by atoms with Crippen LogP contribution in [0.3, 0.4) is 0 Å². The van der Waals surface area contributed by atoms with Gasteiger partial charge in [0, 0.05) is 31.1 Å². The summed E-state index contributed by atoms with van der Waals surface area (Å²) in [6, 6.07) is 2.73. The average molecular weight is 649 g/mol. The normalized spacial score (nSPS) is 28.6. The number of aliphatic hydroxyl groups excluding tert-OH is 1. The third-order valence-corrected chi connectivity index (χ3v) is 9.07. The van der Waals surface area contributed by atoms with Gasteiger partial charge in [-0.2, -0.15) is 0 Å². The number of methoxy groups -OCH3 is 1. The van der Waals surface area contributed by atoms with Crippen molar-refractivity contribution in [1.82, 2.24) is 5.32 Å². The molecule has 1 aromatic carbocycles. The summed E-state index contributed by atoms with van der Waals surface area (Å²) in [6.07, 6.45) is 18.0. The van der Waals surface area contributed by atoms with Gasteiger partial charge in [-0.3, -0.25) is 9.59 Å². The summed E-state index contributed by atoms with van der Waals surface area (Å²) in [5, 5.41) is 38.1. The van der Waals surface area contributed by atoms with Gasteiger partial charge in [-0.1, -0.05) is 55.5 Å². The quantitative estimate of drug-likeness (QED) is 0.122. The van der Waals surface area contributed by atoms with Gasteiger partial charge in [0.15, 0.2) is 0 Å². The van der Waals surface area contributed by atoms with E-state index in [-0.39, 0.29) is 29.5 Å². The molecule has 2 bridgehead atoms. The predicted molar refractivity (Wildman–Crippen MR) is 180 cm³/mol. The van der Waals surface area contributed by atoms with Crippen LogP contribution < -0.4 is 10.6 Å². The number of phenols is 2. The molecule has 10 nitrogen and oxygen atoms in total. The summed E-state index contributed by atoms with van der Waals surface area (Å²) < 4.78 is 11.5. The molecule has 1 fully saturated rings. The molecule has 254 valence electrons. The SMILES string of the molecule is COC1\C=C/C=C/C=C/CC(OC(=O)C2(NC(=O)C3=CCCCC3)CC2)C(C)C(O)/C(C)=C/CCc2cc(O)cc(c2O)NC(=O)C1. The molecular formula is C37H48N2O8. The van der Waals surface area contributed by atoms with Gasteiger partial charge in [0.25, 0.3) is 0 Å². The van der Waals surface area contributed by atoms with Gasteiger partial charge in [-0.25, -0.2) is 4.79 Å². The van der Waals surface area contributed by atoms with Crippen LogP contribution in [0.4, 0.5) is 5.69 Å². The van der Waals surface area contributed by atoms with Crippen molar-refractivity contribution in [1.29, 1.82) is 0 Å². The minimum Gasteiger partial charge on any atom is -0.508 e. The maximum absolute atomic E-state index is 13.5. The van der Waals surface area contributed by atoms with Gasteiger partial charge < -0.3 is 35.4 Å². The van der Waals surface area contributed by atoms with Gasteiger partial charge in [-0.15, -0.1) is 0 Å². The van der Waals surface area contributed by atoms with Crippen LogP contribution in [-0.2, 0) is 30.3 Å². The molecule has 4 unspecified atom stereocenters. The molecular weight excluding hydrogens is 600 g/mol. The number of hydrogen-bond donors (Lipinski definition) is 5. The van der Waals surface area contributed by atoms with E-state index < -0.39 is 41.6 Å². The molecule has 3 aliphatic rings. The first-order chi connectivity index (χ1) is 22.5. The lowest BCUT2D eigenvalue weighted by atomic mass is 9.90. The number of aromatic hydroxyl groups is 2. The van der Waals surface area contributed by atoms with Crippen molar-refractivity contribution in [2.45, 2.75) is 102 Å². The molecule has 10 heteroatoms. The van der Waals surface area contributed by atoms with E-state index in [0.29, 0.717) is 49.7 Å². The van der Waals surface area contributed by atoms with E-state index in [1.807, 2.05) is 31.2 Å². The van der Waals surface area contributed by atoms with E-state index in [0.717, 1.165) is 24.8 Å². The minimum atomic E-state index is -1.04. The summed E-state index contributed by atoms with van der Waals surface area (Å²) in [4.78, 5) is 39.1. The second-order valence-electron chi connectivity index (χ2n) is 12.7. The van der Waals surface area contributed by atoms with Crippen molar-refractivity contribution in [2.75, 3.05) is 12.4 Å². The van der Waals surface area contributed by atoms with Crippen LogP contribution in [-0.4, -0.2) is 64.1 Å². The monoisotopic (exact) mass is 648 g/mol. The molecule has 47 heavy (non-hydrogen) atoms. The number of fused-ring (bicyclic) bond motifs is 2. The Balaban J connectivity index is 1.55. The molecule has 1 saturated carbocycles. The number of carbonyl (C=O) groups excluding carboxylic acids is 3. The van der Waals surface area contributed by atoms with E-state index in [1.54, 1.807) is 31.2 Å². The van der Waals surface area contributed by atoms with Gasteiger partial charge in [-0.05, 0) is 75.5 Å². The molecule has 5 N–H and O–H groups in total. The number of aryl methyl sites for hydroxylation is 1. The number of benzene rings is 1. The molecule has 2 aliphatic carbocycles. The molecule has 0 saturated heterocycles. The highest BCUT2D eigenvalue weighted by atomic mass is 16.5. The van der Waals surface area contributed by atoms with Crippen LogP contribution in [0.25, 0.3) is 0 Å². The van der Waals surface area contributed by atoms with Crippen molar-refractivity contribution in [3.05, 3.63) is 77.5 Å². The number of esters is 1. The number of rotatable bonds is 5. The van der Waals surface area contributed by atoms with Gasteiger partial charge >= 0.3 is 5.97 Å². The molecule has 0 radical (unpaired) electrons. The number of ether oxygens (including phenoxy) is 2. The second-order valence-corrected chi connectivity index (χ2v) is 12.7. The van der Waals surface area contributed by atoms with E-state index >= 15 is 0 Å². The second kappa shape index (κ2) is 16.6. The Morgan fingerprint density at radius 3 is 2.49 bits per heavy atom. The fraction of sp³-hybridized carbons (Fsp3) is 0.486. The highest BCUT2D eigenvalue weighted by molar-refractivity contribution is 5.99. The van der Waals surface area contributed by atoms with E-state index in [2.05, 4.69) is 10.6 Å². The summed E-state index contributed by atoms with van der Waals surface area (Å²) in [7, 11) is 1.49. The molecule has 1 aromatic rings. The largest absolute Gasteiger partial charge is 0.508 e. The zero-order chi connectivity index (χ0) is 34.0. The van der Waals surface area contributed by atoms with Crippen molar-refractivity contribution in [3.63, 3.8) is 0 Å². The molecule has 2 amide bonds. The Kier molecular flexibility index (Phi) is 12.6. The Bertz CT molecular complexity index is 1450. The fourth-order valence-electron chi connectivity index (χ4n) is 5.85. The topological polar surface area (TPSA) is 154 Å². The lowest BCUT2D eigenvalue weighted by Gasteiger charge is -2.30. The van der Waals surface area contributed by atoms with E-state index in [4.69, 9.17) is 9.47 Å². The third-order valence-electron chi connectivity index (χ3n) is 9.07. The number of aliphatic hydroxyl groups is 1. The number of nitrogens with one attached hydrogen (secondary N) is 2.